The van der Waals surface area contributed by atoms with Gasteiger partial charge in [0.1, 0.15) is 23.5 Å². The third-order valence-corrected chi connectivity index (χ3v) is 6.18. The van der Waals surface area contributed by atoms with E-state index in [1.54, 1.807) is 28.4 Å². The highest BCUT2D eigenvalue weighted by Crippen LogP contribution is 2.40. The van der Waals surface area contributed by atoms with E-state index in [0.29, 0.717) is 11.6 Å². The third-order valence-electron chi connectivity index (χ3n) is 5.02. The lowest BCUT2D eigenvalue weighted by molar-refractivity contribution is -0.936. The Morgan fingerprint density at radius 2 is 2.08 bits per heavy atom. The molecule has 0 bridgehead atoms. The SMILES string of the molecule is CC(C)[NH+]1CCc2c(sc3c2C(=O)N[C@H](c2ccccc2O)N3)C1. The summed E-state index contributed by atoms with van der Waals surface area (Å²) in [6.07, 6.45) is 0.560. The van der Waals surface area contributed by atoms with Gasteiger partial charge in [0.15, 0.2) is 0 Å². The quantitative estimate of drug-likeness (QED) is 0.670. The second-order valence-corrected chi connectivity index (χ2v) is 7.91. The Hall–Kier alpha value is -2.05. The number of carbonyl (C=O) groups is 1. The van der Waals surface area contributed by atoms with Crippen LogP contribution in [-0.2, 0) is 13.0 Å². The number of para-hydroxylation sites is 1. The van der Waals surface area contributed by atoms with Crippen LogP contribution < -0.4 is 15.5 Å². The molecular weight excluding hydrogens is 322 g/mol. The molecule has 24 heavy (non-hydrogen) atoms. The molecule has 126 valence electrons. The average molecular weight is 344 g/mol. The summed E-state index contributed by atoms with van der Waals surface area (Å²) in [6, 6.07) is 7.70. The van der Waals surface area contributed by atoms with Crippen molar-refractivity contribution in [1.82, 2.24) is 5.32 Å². The summed E-state index contributed by atoms with van der Waals surface area (Å²) in [7, 11) is 0. The minimum atomic E-state index is -0.389. The second-order valence-electron chi connectivity index (χ2n) is 6.81. The number of rotatable bonds is 2. The number of nitrogens with one attached hydrogen (secondary N) is 3. The van der Waals surface area contributed by atoms with E-state index in [-0.39, 0.29) is 17.8 Å². The van der Waals surface area contributed by atoms with Gasteiger partial charge >= 0.3 is 0 Å². The van der Waals surface area contributed by atoms with Gasteiger partial charge in [0.05, 0.1) is 23.0 Å². The number of fused-ring (bicyclic) bond motifs is 3. The third kappa shape index (κ3) is 2.46. The van der Waals surface area contributed by atoms with Crippen molar-refractivity contribution in [3.05, 3.63) is 45.8 Å². The molecule has 0 fully saturated rings. The van der Waals surface area contributed by atoms with Gasteiger partial charge in [0, 0.05) is 12.0 Å². The lowest BCUT2D eigenvalue weighted by atomic mass is 9.99. The van der Waals surface area contributed by atoms with Gasteiger partial charge in [-0.25, -0.2) is 0 Å². The van der Waals surface area contributed by atoms with Crippen molar-refractivity contribution < 1.29 is 14.8 Å². The van der Waals surface area contributed by atoms with E-state index >= 15 is 0 Å². The van der Waals surface area contributed by atoms with E-state index in [4.69, 9.17) is 0 Å². The van der Waals surface area contributed by atoms with Crippen molar-refractivity contribution in [2.45, 2.75) is 39.0 Å². The summed E-state index contributed by atoms with van der Waals surface area (Å²) in [4.78, 5) is 15.6. The number of phenols is 1. The summed E-state index contributed by atoms with van der Waals surface area (Å²) in [6.45, 7) is 6.55. The van der Waals surface area contributed by atoms with Crippen molar-refractivity contribution in [1.29, 1.82) is 0 Å². The molecule has 5 nitrogen and oxygen atoms in total. The van der Waals surface area contributed by atoms with Crippen LogP contribution in [0.4, 0.5) is 5.00 Å². The first kappa shape index (κ1) is 15.5. The molecule has 2 aliphatic rings. The molecule has 1 aromatic heterocycles. The predicted molar refractivity (Wildman–Crippen MR) is 94.6 cm³/mol. The number of hydrogen-bond acceptors (Lipinski definition) is 4. The maximum atomic E-state index is 12.7. The molecule has 0 radical (unpaired) electrons. The average Bonchev–Trinajstić information content (AvgIpc) is 2.92. The molecule has 0 saturated carbocycles. The summed E-state index contributed by atoms with van der Waals surface area (Å²) in [5.74, 6) is 0.151. The second kappa shape index (κ2) is 5.79. The van der Waals surface area contributed by atoms with Crippen LogP contribution in [0.25, 0.3) is 0 Å². The standard InChI is InChI=1S/C18H21N3O2S/c1-10(2)21-8-7-12-14(9-21)24-18-15(12)17(23)19-16(20-18)11-5-3-4-6-13(11)22/h3-6,10,16,20,22H,7-9H2,1-2H3,(H,19,23)/p+1/t16-/m0/s1. The normalized spacial score (nSPS) is 22.5. The summed E-state index contributed by atoms with van der Waals surface area (Å²) in [5.41, 5.74) is 2.71. The van der Waals surface area contributed by atoms with Crippen LogP contribution in [0.15, 0.2) is 24.3 Å². The Kier molecular flexibility index (Phi) is 3.73. The maximum absolute atomic E-state index is 12.7. The molecule has 4 rings (SSSR count). The van der Waals surface area contributed by atoms with Crippen molar-refractivity contribution >= 4 is 22.2 Å². The van der Waals surface area contributed by atoms with Crippen molar-refractivity contribution in [2.75, 3.05) is 11.9 Å². The van der Waals surface area contributed by atoms with Crippen molar-refractivity contribution in [2.24, 2.45) is 0 Å². The van der Waals surface area contributed by atoms with Crippen LogP contribution in [0.2, 0.25) is 0 Å². The van der Waals surface area contributed by atoms with Gasteiger partial charge in [-0.05, 0) is 25.5 Å². The predicted octanol–water partition coefficient (Wildman–Crippen LogP) is 1.66. The molecule has 1 unspecified atom stereocenters. The van der Waals surface area contributed by atoms with Gasteiger partial charge in [-0.3, -0.25) is 4.79 Å². The van der Waals surface area contributed by atoms with Gasteiger partial charge in [-0.1, -0.05) is 18.2 Å². The van der Waals surface area contributed by atoms with Gasteiger partial charge in [-0.15, -0.1) is 11.3 Å². The van der Waals surface area contributed by atoms with E-state index in [0.717, 1.165) is 30.1 Å². The first-order valence-corrected chi connectivity index (χ1v) is 9.20. The molecule has 1 amide bonds. The van der Waals surface area contributed by atoms with Gasteiger partial charge in [-0.2, -0.15) is 0 Å². The molecule has 2 atom stereocenters. The van der Waals surface area contributed by atoms with Gasteiger partial charge in [0.25, 0.3) is 5.91 Å². The first-order chi connectivity index (χ1) is 11.5. The lowest BCUT2D eigenvalue weighted by Crippen LogP contribution is -3.14. The zero-order valence-electron chi connectivity index (χ0n) is 13.8. The maximum Gasteiger partial charge on any atom is 0.256 e. The number of carbonyl (C=O) groups excluding carboxylic acids is 1. The Bertz CT molecular complexity index is 800. The molecular formula is C18H22N3O2S+. The van der Waals surface area contributed by atoms with E-state index in [9.17, 15) is 9.90 Å². The smallest absolute Gasteiger partial charge is 0.256 e. The zero-order valence-corrected chi connectivity index (χ0v) is 14.7. The summed E-state index contributed by atoms with van der Waals surface area (Å²) in [5, 5.41) is 17.4. The van der Waals surface area contributed by atoms with Crippen LogP contribution in [0.1, 0.15) is 46.4 Å². The summed E-state index contributed by atoms with van der Waals surface area (Å²) >= 11 is 1.69. The fourth-order valence-electron chi connectivity index (χ4n) is 3.59. The molecule has 2 aromatic rings. The Morgan fingerprint density at radius 1 is 1.29 bits per heavy atom. The number of benzene rings is 1. The van der Waals surface area contributed by atoms with E-state index in [1.807, 2.05) is 12.1 Å². The molecule has 1 aromatic carbocycles. The topological polar surface area (TPSA) is 65.8 Å². The highest BCUT2D eigenvalue weighted by Gasteiger charge is 2.35. The molecule has 6 heteroatoms. The van der Waals surface area contributed by atoms with Crippen LogP contribution in [-0.4, -0.2) is 23.6 Å². The number of aromatic hydroxyl groups is 1. The zero-order chi connectivity index (χ0) is 16.8. The lowest BCUT2D eigenvalue weighted by Gasteiger charge is -2.28. The summed E-state index contributed by atoms with van der Waals surface area (Å²) < 4.78 is 0. The Labute approximate surface area is 145 Å². The molecule has 0 saturated heterocycles. The number of hydrogen-bond donors (Lipinski definition) is 4. The number of phenolic OH excluding ortho intramolecular Hbond substituents is 1. The number of quaternary nitrogens is 1. The number of thiophene rings is 1. The van der Waals surface area contributed by atoms with E-state index in [1.165, 1.54) is 10.4 Å². The van der Waals surface area contributed by atoms with Crippen LogP contribution in [0.3, 0.4) is 0 Å². The Morgan fingerprint density at radius 3 is 2.83 bits per heavy atom. The first-order valence-electron chi connectivity index (χ1n) is 8.39. The molecule has 0 aliphatic carbocycles. The molecule has 4 N–H and O–H groups in total. The number of anilines is 1. The van der Waals surface area contributed by atoms with Crippen LogP contribution >= 0.6 is 11.3 Å². The highest BCUT2D eigenvalue weighted by atomic mass is 32.1. The van der Waals surface area contributed by atoms with Crippen molar-refractivity contribution in [3.63, 3.8) is 0 Å². The van der Waals surface area contributed by atoms with Gasteiger partial charge < -0.3 is 20.6 Å². The van der Waals surface area contributed by atoms with E-state index < -0.39 is 0 Å². The fourth-order valence-corrected chi connectivity index (χ4v) is 4.92. The number of amides is 1. The Balaban J connectivity index is 1.68. The van der Waals surface area contributed by atoms with Crippen LogP contribution in [0.5, 0.6) is 5.75 Å². The van der Waals surface area contributed by atoms with Gasteiger partial charge in [0.2, 0.25) is 0 Å². The largest absolute Gasteiger partial charge is 0.508 e. The minimum Gasteiger partial charge on any atom is -0.508 e. The molecule has 2 aliphatic heterocycles. The molecule has 0 spiro atoms. The monoisotopic (exact) mass is 344 g/mol. The highest BCUT2D eigenvalue weighted by molar-refractivity contribution is 7.16. The van der Waals surface area contributed by atoms with Crippen molar-refractivity contribution in [3.8, 4) is 5.75 Å². The fraction of sp³-hybridized carbons (Fsp3) is 0.389. The minimum absolute atomic E-state index is 0.0394. The van der Waals surface area contributed by atoms with Crippen LogP contribution in [0, 0.1) is 0 Å². The van der Waals surface area contributed by atoms with E-state index in [2.05, 4.69) is 24.5 Å². The molecule has 3 heterocycles.